The lowest BCUT2D eigenvalue weighted by Gasteiger charge is -2.20. The number of ether oxygens (including phenoxy) is 2. The van der Waals surface area contributed by atoms with Crippen LogP contribution in [0.2, 0.25) is 0 Å². The molecule has 0 unspecified atom stereocenters. The van der Waals surface area contributed by atoms with Crippen molar-refractivity contribution >= 4 is 27.5 Å². The van der Waals surface area contributed by atoms with Crippen molar-refractivity contribution in [2.24, 2.45) is 0 Å². The molecule has 0 bridgehead atoms. The van der Waals surface area contributed by atoms with Gasteiger partial charge in [-0.3, -0.25) is 0 Å². The van der Waals surface area contributed by atoms with Crippen LogP contribution in [0, 0.1) is 0 Å². The summed E-state index contributed by atoms with van der Waals surface area (Å²) in [5.74, 6) is 1.24. The van der Waals surface area contributed by atoms with Crippen molar-refractivity contribution < 1.29 is 9.47 Å². The molecule has 0 saturated carbocycles. The number of benzene rings is 1. The van der Waals surface area contributed by atoms with Gasteiger partial charge in [0.2, 0.25) is 0 Å². The summed E-state index contributed by atoms with van der Waals surface area (Å²) in [6.07, 6.45) is 0. The van der Waals surface area contributed by atoms with Crippen molar-refractivity contribution in [2.45, 2.75) is 32.3 Å². The lowest BCUT2D eigenvalue weighted by Crippen LogP contribution is -2.22. The molecular weight excluding hydrogens is 303 g/mol. The van der Waals surface area contributed by atoms with Gasteiger partial charge in [-0.2, -0.15) is 0 Å². The van der Waals surface area contributed by atoms with E-state index < -0.39 is 0 Å². The van der Waals surface area contributed by atoms with E-state index in [1.165, 1.54) is 0 Å². The van der Waals surface area contributed by atoms with Gasteiger partial charge >= 0.3 is 0 Å². The summed E-state index contributed by atoms with van der Waals surface area (Å²) in [4.78, 5) is 0. The van der Waals surface area contributed by atoms with Crippen molar-refractivity contribution in [1.29, 1.82) is 0 Å². The highest BCUT2D eigenvalue weighted by Gasteiger charge is 2.11. The SMILES string of the molecule is CC(C)(C)OCCOc1c(Br)cccc1CCl. The zero-order valence-corrected chi connectivity index (χ0v) is 12.8. The molecule has 0 N–H and O–H groups in total. The lowest BCUT2D eigenvalue weighted by atomic mass is 10.2. The molecule has 2 nitrogen and oxygen atoms in total. The van der Waals surface area contributed by atoms with Crippen LogP contribution in [-0.2, 0) is 10.6 Å². The van der Waals surface area contributed by atoms with Gasteiger partial charge in [-0.05, 0) is 42.8 Å². The number of para-hydroxylation sites is 1. The third-order valence-electron chi connectivity index (χ3n) is 2.06. The molecule has 0 spiro atoms. The quantitative estimate of drug-likeness (QED) is 0.592. The first-order valence-corrected chi connectivity index (χ1v) is 6.87. The summed E-state index contributed by atoms with van der Waals surface area (Å²) >= 11 is 9.31. The van der Waals surface area contributed by atoms with Crippen LogP contribution < -0.4 is 4.74 Å². The molecule has 4 heteroatoms. The van der Waals surface area contributed by atoms with Gasteiger partial charge in [-0.15, -0.1) is 11.6 Å². The average molecular weight is 322 g/mol. The van der Waals surface area contributed by atoms with E-state index in [-0.39, 0.29) is 5.60 Å². The third kappa shape index (κ3) is 5.28. The van der Waals surface area contributed by atoms with E-state index in [9.17, 15) is 0 Å². The van der Waals surface area contributed by atoms with Crippen LogP contribution in [0.15, 0.2) is 22.7 Å². The molecule has 17 heavy (non-hydrogen) atoms. The van der Waals surface area contributed by atoms with E-state index in [1.54, 1.807) is 0 Å². The minimum Gasteiger partial charge on any atom is -0.490 e. The molecule has 0 aliphatic rings. The van der Waals surface area contributed by atoms with E-state index in [4.69, 9.17) is 21.1 Å². The van der Waals surface area contributed by atoms with Crippen molar-refractivity contribution in [1.82, 2.24) is 0 Å². The number of hydrogen-bond donors (Lipinski definition) is 0. The molecular formula is C13H18BrClO2. The van der Waals surface area contributed by atoms with Crippen molar-refractivity contribution in [2.75, 3.05) is 13.2 Å². The first-order valence-electron chi connectivity index (χ1n) is 5.54. The van der Waals surface area contributed by atoms with E-state index in [1.807, 2.05) is 39.0 Å². The second-order valence-electron chi connectivity index (χ2n) is 4.67. The Bertz CT molecular complexity index is 361. The Morgan fingerprint density at radius 3 is 2.53 bits per heavy atom. The van der Waals surface area contributed by atoms with Gasteiger partial charge in [0.05, 0.1) is 22.6 Å². The van der Waals surface area contributed by atoms with Gasteiger partial charge in [0.1, 0.15) is 12.4 Å². The summed E-state index contributed by atoms with van der Waals surface area (Å²) in [5, 5.41) is 0. The van der Waals surface area contributed by atoms with Crippen LogP contribution in [0.3, 0.4) is 0 Å². The zero-order valence-electron chi connectivity index (χ0n) is 10.4. The summed E-state index contributed by atoms with van der Waals surface area (Å²) in [6, 6.07) is 5.84. The molecule has 0 atom stereocenters. The van der Waals surface area contributed by atoms with E-state index >= 15 is 0 Å². The van der Waals surface area contributed by atoms with Gasteiger partial charge in [0, 0.05) is 5.56 Å². The molecule has 1 aromatic rings. The maximum Gasteiger partial charge on any atom is 0.137 e. The monoisotopic (exact) mass is 320 g/mol. The fraction of sp³-hybridized carbons (Fsp3) is 0.538. The van der Waals surface area contributed by atoms with E-state index in [0.29, 0.717) is 19.1 Å². The third-order valence-corrected chi connectivity index (χ3v) is 2.97. The number of halogens is 2. The number of hydrogen-bond acceptors (Lipinski definition) is 2. The fourth-order valence-electron chi connectivity index (χ4n) is 1.31. The smallest absolute Gasteiger partial charge is 0.137 e. The van der Waals surface area contributed by atoms with Crippen LogP contribution in [0.25, 0.3) is 0 Å². The van der Waals surface area contributed by atoms with Crippen LogP contribution in [0.4, 0.5) is 0 Å². The summed E-state index contributed by atoms with van der Waals surface area (Å²) in [7, 11) is 0. The van der Waals surface area contributed by atoms with Gasteiger partial charge in [0.15, 0.2) is 0 Å². The average Bonchev–Trinajstić information content (AvgIpc) is 2.24. The molecule has 0 amide bonds. The molecule has 1 aromatic carbocycles. The first kappa shape index (κ1) is 14.8. The molecule has 0 radical (unpaired) electrons. The predicted octanol–water partition coefficient (Wildman–Crippen LogP) is 4.38. The summed E-state index contributed by atoms with van der Waals surface area (Å²) in [6.45, 7) is 7.15. The highest BCUT2D eigenvalue weighted by molar-refractivity contribution is 9.10. The Kier molecular flexibility index (Phi) is 5.77. The zero-order chi connectivity index (χ0) is 12.9. The maximum absolute atomic E-state index is 5.86. The Labute approximate surface area is 116 Å². The second-order valence-corrected chi connectivity index (χ2v) is 5.79. The minimum absolute atomic E-state index is 0.132. The summed E-state index contributed by atoms with van der Waals surface area (Å²) in [5.41, 5.74) is 0.851. The first-order chi connectivity index (χ1) is 7.94. The Hall–Kier alpha value is -0.250. The highest BCUT2D eigenvalue weighted by atomic mass is 79.9. The van der Waals surface area contributed by atoms with Crippen LogP contribution in [0.5, 0.6) is 5.75 Å². The minimum atomic E-state index is -0.132. The Morgan fingerprint density at radius 1 is 1.24 bits per heavy atom. The predicted molar refractivity (Wildman–Crippen MR) is 74.9 cm³/mol. The van der Waals surface area contributed by atoms with Gasteiger partial charge in [-0.1, -0.05) is 12.1 Å². The molecule has 1 rings (SSSR count). The summed E-state index contributed by atoms with van der Waals surface area (Å²) < 4.78 is 12.2. The number of alkyl halides is 1. The topological polar surface area (TPSA) is 18.5 Å². The van der Waals surface area contributed by atoms with Gasteiger partial charge < -0.3 is 9.47 Å². The molecule has 0 aromatic heterocycles. The molecule has 0 heterocycles. The molecule has 0 saturated heterocycles. The molecule has 96 valence electrons. The number of rotatable bonds is 5. The van der Waals surface area contributed by atoms with Crippen molar-refractivity contribution in [3.05, 3.63) is 28.2 Å². The van der Waals surface area contributed by atoms with Gasteiger partial charge in [-0.25, -0.2) is 0 Å². The molecule has 0 aliphatic carbocycles. The standard InChI is InChI=1S/C13H18BrClO2/c1-13(2,3)17-8-7-16-12-10(9-15)5-4-6-11(12)14/h4-6H,7-9H2,1-3H3. The molecule has 0 aliphatic heterocycles. The largest absolute Gasteiger partial charge is 0.490 e. The van der Waals surface area contributed by atoms with E-state index in [0.717, 1.165) is 15.8 Å². The van der Waals surface area contributed by atoms with Crippen LogP contribution in [0.1, 0.15) is 26.3 Å². The normalized spacial score (nSPS) is 11.6. The van der Waals surface area contributed by atoms with Crippen LogP contribution in [-0.4, -0.2) is 18.8 Å². The fourth-order valence-corrected chi connectivity index (χ4v) is 2.04. The second kappa shape index (κ2) is 6.62. The Morgan fingerprint density at radius 2 is 1.94 bits per heavy atom. The van der Waals surface area contributed by atoms with Gasteiger partial charge in [0.25, 0.3) is 0 Å². The highest BCUT2D eigenvalue weighted by Crippen LogP contribution is 2.30. The van der Waals surface area contributed by atoms with Crippen molar-refractivity contribution in [3.63, 3.8) is 0 Å². The van der Waals surface area contributed by atoms with E-state index in [2.05, 4.69) is 15.9 Å². The maximum atomic E-state index is 5.86. The van der Waals surface area contributed by atoms with Crippen LogP contribution >= 0.6 is 27.5 Å². The Balaban J connectivity index is 2.52. The molecule has 0 fully saturated rings. The van der Waals surface area contributed by atoms with Crippen molar-refractivity contribution in [3.8, 4) is 5.75 Å². The lowest BCUT2D eigenvalue weighted by molar-refractivity contribution is -0.0164.